The Balaban J connectivity index is 1.86. The minimum Gasteiger partial charge on any atom is -0.493 e. The van der Waals surface area contributed by atoms with Gasteiger partial charge in [-0.3, -0.25) is 0 Å². The lowest BCUT2D eigenvalue weighted by atomic mass is 10.1. The van der Waals surface area contributed by atoms with E-state index in [4.69, 9.17) is 19.2 Å². The number of carbonyl (C=O) groups is 2. The summed E-state index contributed by atoms with van der Waals surface area (Å²) in [6.07, 6.45) is 1.34. The van der Waals surface area contributed by atoms with Gasteiger partial charge in [-0.25, -0.2) is 9.59 Å². The number of rotatable bonds is 5. The van der Waals surface area contributed by atoms with Gasteiger partial charge >= 0.3 is 11.9 Å². The summed E-state index contributed by atoms with van der Waals surface area (Å²) in [5.74, 6) is -0.993. The maximum absolute atomic E-state index is 12.5. The number of fused-ring (bicyclic) bond motifs is 1. The van der Waals surface area contributed by atoms with Crippen LogP contribution >= 0.6 is 15.9 Å². The topological polar surface area (TPSA) is 98.8 Å². The van der Waals surface area contributed by atoms with Crippen molar-refractivity contribution in [3.8, 4) is 17.6 Å². The van der Waals surface area contributed by atoms with Crippen molar-refractivity contribution in [1.82, 2.24) is 0 Å². The first-order valence-corrected chi connectivity index (χ1v) is 9.04. The molecule has 0 radical (unpaired) electrons. The molecule has 0 bridgehead atoms. The maximum atomic E-state index is 12.5. The first kappa shape index (κ1) is 20.2. The normalized spacial score (nSPS) is 11.0. The molecule has 0 aliphatic carbocycles. The van der Waals surface area contributed by atoms with Crippen molar-refractivity contribution in [2.45, 2.75) is 0 Å². The summed E-state index contributed by atoms with van der Waals surface area (Å²) in [6.45, 7) is 0. The smallest absolute Gasteiger partial charge is 0.379 e. The molecule has 0 amide bonds. The molecule has 0 fully saturated rings. The number of halogens is 1. The van der Waals surface area contributed by atoms with Gasteiger partial charge in [0, 0.05) is 9.86 Å². The molecule has 29 heavy (non-hydrogen) atoms. The van der Waals surface area contributed by atoms with Crippen molar-refractivity contribution in [2.24, 2.45) is 0 Å². The summed E-state index contributed by atoms with van der Waals surface area (Å²) < 4.78 is 21.6. The highest BCUT2D eigenvalue weighted by molar-refractivity contribution is 9.10. The summed E-state index contributed by atoms with van der Waals surface area (Å²) in [6, 6.07) is 13.3. The van der Waals surface area contributed by atoms with Crippen molar-refractivity contribution in [1.29, 1.82) is 5.26 Å². The number of hydrogen-bond acceptors (Lipinski definition) is 7. The molecule has 146 valence electrons. The molecule has 7 nitrogen and oxygen atoms in total. The second kappa shape index (κ2) is 8.63. The SMILES string of the molecule is COC(=O)/C(C#N)=C/c1ccc(OC(=O)c2cc3cc(Br)ccc3o2)c(OC)c1. The molecule has 0 saturated carbocycles. The van der Waals surface area contributed by atoms with E-state index in [2.05, 4.69) is 20.7 Å². The van der Waals surface area contributed by atoms with Gasteiger partial charge in [0.2, 0.25) is 5.76 Å². The minimum atomic E-state index is -0.751. The average Bonchev–Trinajstić information content (AvgIpc) is 3.15. The van der Waals surface area contributed by atoms with Crippen LogP contribution in [-0.4, -0.2) is 26.2 Å². The lowest BCUT2D eigenvalue weighted by Crippen LogP contribution is -2.08. The Hall–Kier alpha value is -3.57. The third-order valence-electron chi connectivity index (χ3n) is 3.91. The molecule has 1 aromatic heterocycles. The fourth-order valence-corrected chi connectivity index (χ4v) is 2.92. The van der Waals surface area contributed by atoms with Crippen molar-refractivity contribution in [3.63, 3.8) is 0 Å². The Morgan fingerprint density at radius 2 is 1.90 bits per heavy atom. The first-order valence-electron chi connectivity index (χ1n) is 8.24. The number of methoxy groups -OCH3 is 2. The molecule has 8 heteroatoms. The maximum Gasteiger partial charge on any atom is 0.379 e. The Kier molecular flexibility index (Phi) is 6.00. The van der Waals surface area contributed by atoms with E-state index in [0.29, 0.717) is 11.1 Å². The van der Waals surface area contributed by atoms with Gasteiger partial charge in [-0.2, -0.15) is 5.26 Å². The van der Waals surface area contributed by atoms with Crippen LogP contribution in [0.15, 0.2) is 56.9 Å². The van der Waals surface area contributed by atoms with Crippen molar-refractivity contribution < 1.29 is 28.2 Å². The molecule has 3 rings (SSSR count). The number of benzene rings is 2. The molecule has 0 N–H and O–H groups in total. The van der Waals surface area contributed by atoms with Gasteiger partial charge in [0.25, 0.3) is 0 Å². The van der Waals surface area contributed by atoms with Gasteiger partial charge in [0.05, 0.1) is 14.2 Å². The molecule has 0 aliphatic heterocycles. The van der Waals surface area contributed by atoms with Crippen LogP contribution in [-0.2, 0) is 9.53 Å². The first-order chi connectivity index (χ1) is 13.9. The van der Waals surface area contributed by atoms with E-state index in [1.165, 1.54) is 32.4 Å². The van der Waals surface area contributed by atoms with Gasteiger partial charge in [0.1, 0.15) is 17.2 Å². The van der Waals surface area contributed by atoms with Crippen LogP contribution in [0.25, 0.3) is 17.0 Å². The fourth-order valence-electron chi connectivity index (χ4n) is 2.54. The highest BCUT2D eigenvalue weighted by Crippen LogP contribution is 2.31. The molecule has 3 aromatic rings. The van der Waals surface area contributed by atoms with E-state index in [0.717, 1.165) is 9.86 Å². The Morgan fingerprint density at radius 3 is 2.59 bits per heavy atom. The molecule has 1 heterocycles. The van der Waals surface area contributed by atoms with E-state index in [1.54, 1.807) is 30.3 Å². The second-order valence-electron chi connectivity index (χ2n) is 5.75. The van der Waals surface area contributed by atoms with Crippen LogP contribution in [0, 0.1) is 11.3 Å². The Morgan fingerprint density at radius 1 is 1.10 bits per heavy atom. The van der Waals surface area contributed by atoms with E-state index in [-0.39, 0.29) is 22.8 Å². The number of hydrogen-bond donors (Lipinski definition) is 0. The highest BCUT2D eigenvalue weighted by Gasteiger charge is 2.18. The van der Waals surface area contributed by atoms with Gasteiger partial charge in [-0.1, -0.05) is 22.0 Å². The Bertz CT molecular complexity index is 1170. The second-order valence-corrected chi connectivity index (χ2v) is 6.67. The Labute approximate surface area is 174 Å². The van der Waals surface area contributed by atoms with Crippen molar-refractivity contribution in [3.05, 3.63) is 63.8 Å². The van der Waals surface area contributed by atoms with E-state index < -0.39 is 11.9 Å². The molecule has 0 aliphatic rings. The van der Waals surface area contributed by atoms with Gasteiger partial charge < -0.3 is 18.6 Å². The third-order valence-corrected chi connectivity index (χ3v) is 4.40. The number of ether oxygens (including phenoxy) is 3. The fraction of sp³-hybridized carbons (Fsp3) is 0.0952. The lowest BCUT2D eigenvalue weighted by Gasteiger charge is -2.09. The van der Waals surface area contributed by atoms with Gasteiger partial charge in [-0.05, 0) is 48.0 Å². The number of nitriles is 1. The van der Waals surface area contributed by atoms with Crippen molar-refractivity contribution in [2.75, 3.05) is 14.2 Å². The number of furan rings is 1. The molecule has 0 atom stereocenters. The summed E-state index contributed by atoms with van der Waals surface area (Å²) in [5.41, 5.74) is 0.879. The highest BCUT2D eigenvalue weighted by atomic mass is 79.9. The summed E-state index contributed by atoms with van der Waals surface area (Å²) in [7, 11) is 2.60. The molecule has 0 unspecified atom stereocenters. The zero-order valence-corrected chi connectivity index (χ0v) is 17.0. The number of carbonyl (C=O) groups excluding carboxylic acids is 2. The third kappa shape index (κ3) is 4.47. The standard InChI is InChI=1S/C21H14BrNO6/c1-26-18-8-12(7-14(11-23)20(24)27-2)3-5-17(18)29-21(25)19-10-13-9-15(22)4-6-16(13)28-19/h3-10H,1-2H3/b14-7+. The van der Waals surface area contributed by atoms with Crippen molar-refractivity contribution >= 4 is 44.9 Å². The van der Waals surface area contributed by atoms with Crippen LogP contribution in [0.5, 0.6) is 11.5 Å². The van der Waals surface area contributed by atoms with Crippen LogP contribution in [0.1, 0.15) is 16.1 Å². The monoisotopic (exact) mass is 455 g/mol. The summed E-state index contributed by atoms with van der Waals surface area (Å²) in [5, 5.41) is 9.81. The molecule has 0 spiro atoms. The van der Waals surface area contributed by atoms with Crippen LogP contribution in [0.3, 0.4) is 0 Å². The van der Waals surface area contributed by atoms with E-state index >= 15 is 0 Å². The van der Waals surface area contributed by atoms with Crippen LogP contribution in [0.2, 0.25) is 0 Å². The summed E-state index contributed by atoms with van der Waals surface area (Å²) >= 11 is 3.37. The predicted molar refractivity (Wildman–Crippen MR) is 107 cm³/mol. The summed E-state index contributed by atoms with van der Waals surface area (Å²) in [4.78, 5) is 24.0. The number of nitrogens with zero attached hydrogens (tertiary/aromatic N) is 1. The molecular formula is C21H14BrNO6. The molecule has 2 aromatic carbocycles. The number of esters is 2. The zero-order valence-electron chi connectivity index (χ0n) is 15.4. The van der Waals surface area contributed by atoms with Crippen LogP contribution < -0.4 is 9.47 Å². The average molecular weight is 456 g/mol. The van der Waals surface area contributed by atoms with E-state index in [1.807, 2.05) is 6.07 Å². The zero-order chi connectivity index (χ0) is 21.0. The molecular weight excluding hydrogens is 442 g/mol. The lowest BCUT2D eigenvalue weighted by molar-refractivity contribution is -0.135. The van der Waals surface area contributed by atoms with Crippen LogP contribution in [0.4, 0.5) is 0 Å². The molecule has 0 saturated heterocycles. The largest absolute Gasteiger partial charge is 0.493 e. The minimum absolute atomic E-state index is 0.0431. The van der Waals surface area contributed by atoms with E-state index in [9.17, 15) is 9.59 Å². The quantitative estimate of drug-likeness (QED) is 0.241. The predicted octanol–water partition coefficient (Wildman–Crippen LogP) is 4.50. The van der Waals surface area contributed by atoms with Gasteiger partial charge in [0.15, 0.2) is 11.5 Å². The van der Waals surface area contributed by atoms with Gasteiger partial charge in [-0.15, -0.1) is 0 Å².